The van der Waals surface area contributed by atoms with Crippen molar-refractivity contribution in [3.63, 3.8) is 0 Å². The van der Waals surface area contributed by atoms with E-state index < -0.39 is 0 Å². The quantitative estimate of drug-likeness (QED) is 0.467. The van der Waals surface area contributed by atoms with Crippen LogP contribution in [0.3, 0.4) is 0 Å². The second-order valence-electron chi connectivity index (χ2n) is 8.84. The maximum absolute atomic E-state index is 5.39. The van der Waals surface area contributed by atoms with Crippen molar-refractivity contribution in [1.82, 2.24) is 29.5 Å². The van der Waals surface area contributed by atoms with Gasteiger partial charge in [-0.2, -0.15) is 4.98 Å². The molecule has 1 N–H and O–H groups in total. The van der Waals surface area contributed by atoms with Gasteiger partial charge in [-0.15, -0.1) is 0 Å². The van der Waals surface area contributed by atoms with Gasteiger partial charge in [-0.05, 0) is 32.5 Å². The highest BCUT2D eigenvalue weighted by Crippen LogP contribution is 2.30. The minimum absolute atomic E-state index is 0.723. The van der Waals surface area contributed by atoms with E-state index in [0.29, 0.717) is 0 Å². The van der Waals surface area contributed by atoms with Crippen LogP contribution in [0.15, 0.2) is 47.1 Å². The molecule has 0 bridgehead atoms. The zero-order valence-electron chi connectivity index (χ0n) is 19.6. The molecular formula is C25H31N7O. The van der Waals surface area contributed by atoms with Gasteiger partial charge in [0.2, 0.25) is 5.95 Å². The van der Waals surface area contributed by atoms with Gasteiger partial charge in [-0.25, -0.2) is 4.98 Å². The second-order valence-corrected chi connectivity index (χ2v) is 8.84. The fourth-order valence-electron chi connectivity index (χ4n) is 4.50. The van der Waals surface area contributed by atoms with E-state index in [1.807, 2.05) is 26.1 Å². The lowest BCUT2D eigenvalue weighted by molar-refractivity contribution is 0.158. The van der Waals surface area contributed by atoms with Crippen LogP contribution in [-0.4, -0.2) is 75.8 Å². The molecule has 33 heavy (non-hydrogen) atoms. The van der Waals surface area contributed by atoms with Gasteiger partial charge in [-0.1, -0.05) is 35.5 Å². The average Bonchev–Trinajstić information content (AvgIpc) is 3.34. The highest BCUT2D eigenvalue weighted by Gasteiger charge is 2.18. The summed E-state index contributed by atoms with van der Waals surface area (Å²) in [4.78, 5) is 14.4. The fraction of sp³-hybridized carbons (Fsp3) is 0.400. The van der Waals surface area contributed by atoms with E-state index >= 15 is 0 Å². The van der Waals surface area contributed by atoms with Gasteiger partial charge in [0.25, 0.3) is 0 Å². The molecule has 1 aliphatic rings. The molecule has 0 spiro atoms. The number of likely N-dealkylation sites (N-methyl/N-ethyl adjacent to an activating group) is 1. The van der Waals surface area contributed by atoms with Crippen molar-refractivity contribution in [2.75, 3.05) is 51.6 Å². The molecule has 0 amide bonds. The molecule has 0 aliphatic carbocycles. The number of hydrogen-bond donors (Lipinski definition) is 1. The Morgan fingerprint density at radius 3 is 2.58 bits per heavy atom. The Kier molecular flexibility index (Phi) is 6.11. The van der Waals surface area contributed by atoms with Crippen molar-refractivity contribution < 1.29 is 4.52 Å². The zero-order valence-corrected chi connectivity index (χ0v) is 19.6. The predicted octanol–water partition coefficient (Wildman–Crippen LogP) is 3.41. The molecule has 0 saturated carbocycles. The van der Waals surface area contributed by atoms with Crippen molar-refractivity contribution in [1.29, 1.82) is 0 Å². The molecule has 1 aromatic carbocycles. The number of nitrogens with one attached hydrogen (secondary N) is 1. The van der Waals surface area contributed by atoms with Crippen LogP contribution in [0.2, 0.25) is 0 Å². The largest absolute Gasteiger partial charge is 0.361 e. The molecule has 1 fully saturated rings. The van der Waals surface area contributed by atoms with Crippen LogP contribution in [0.1, 0.15) is 17.0 Å². The average molecular weight is 446 g/mol. The minimum Gasteiger partial charge on any atom is -0.361 e. The van der Waals surface area contributed by atoms with Crippen LogP contribution in [0.5, 0.6) is 0 Å². The summed E-state index contributed by atoms with van der Waals surface area (Å²) in [5.74, 6) is 1.65. The number of aryl methyl sites for hydroxylation is 2. The molecule has 0 atom stereocenters. The van der Waals surface area contributed by atoms with E-state index in [0.717, 1.165) is 85.5 Å². The Hall–Kier alpha value is -3.23. The number of imidazole rings is 1. The molecule has 5 rings (SSSR count). The van der Waals surface area contributed by atoms with E-state index in [1.54, 1.807) is 0 Å². The number of hydrogen-bond acceptors (Lipinski definition) is 7. The third-order valence-electron chi connectivity index (χ3n) is 6.42. The number of piperazine rings is 1. The Balaban J connectivity index is 1.44. The van der Waals surface area contributed by atoms with E-state index in [9.17, 15) is 0 Å². The Labute approximate surface area is 194 Å². The molecule has 1 saturated heterocycles. The molecule has 0 unspecified atom stereocenters. The molecule has 4 heterocycles. The standard InChI is InChI=1S/C25H31N7O/c1-18-23(19(2)33-29-18)21-15-22-24(27-16-21)28-25(32(22)17-20-7-5-4-6-8-20)26-9-10-31-13-11-30(3)12-14-31/h4-8,15-16H,9-14,17H2,1-3H3,(H,26,27,28). The maximum Gasteiger partial charge on any atom is 0.205 e. The summed E-state index contributed by atoms with van der Waals surface area (Å²) in [6.45, 7) is 10.9. The normalized spacial score (nSPS) is 15.4. The number of anilines is 1. The monoisotopic (exact) mass is 445 g/mol. The van der Waals surface area contributed by atoms with Crippen LogP contribution < -0.4 is 5.32 Å². The number of rotatable bonds is 7. The molecule has 0 radical (unpaired) electrons. The third kappa shape index (κ3) is 4.62. The van der Waals surface area contributed by atoms with Crippen LogP contribution in [0.25, 0.3) is 22.3 Å². The first-order chi connectivity index (χ1) is 16.1. The molecule has 8 nitrogen and oxygen atoms in total. The highest BCUT2D eigenvalue weighted by atomic mass is 16.5. The Morgan fingerprint density at radius 1 is 1.06 bits per heavy atom. The van der Waals surface area contributed by atoms with Gasteiger partial charge in [-0.3, -0.25) is 4.90 Å². The lowest BCUT2D eigenvalue weighted by Crippen LogP contribution is -2.45. The fourth-order valence-corrected chi connectivity index (χ4v) is 4.50. The Bertz CT molecular complexity index is 1200. The van der Waals surface area contributed by atoms with Gasteiger partial charge in [0.15, 0.2) is 5.65 Å². The first-order valence-corrected chi connectivity index (χ1v) is 11.6. The smallest absolute Gasteiger partial charge is 0.205 e. The lowest BCUT2D eigenvalue weighted by atomic mass is 10.1. The second kappa shape index (κ2) is 9.33. The van der Waals surface area contributed by atoms with Gasteiger partial charge in [0.05, 0.1) is 17.8 Å². The minimum atomic E-state index is 0.723. The summed E-state index contributed by atoms with van der Waals surface area (Å²) in [5, 5.41) is 7.70. The topological polar surface area (TPSA) is 75.2 Å². The number of fused-ring (bicyclic) bond motifs is 1. The first kappa shape index (κ1) is 21.6. The van der Waals surface area contributed by atoms with Crippen molar-refractivity contribution in [2.24, 2.45) is 0 Å². The van der Waals surface area contributed by atoms with E-state index in [4.69, 9.17) is 14.5 Å². The van der Waals surface area contributed by atoms with Crippen molar-refractivity contribution >= 4 is 17.1 Å². The summed E-state index contributed by atoms with van der Waals surface area (Å²) >= 11 is 0. The SMILES string of the molecule is Cc1noc(C)c1-c1cnc2nc(NCCN3CCN(C)CC3)n(Cc3ccccc3)c2c1. The Morgan fingerprint density at radius 2 is 1.85 bits per heavy atom. The highest BCUT2D eigenvalue weighted by molar-refractivity contribution is 5.81. The zero-order chi connectivity index (χ0) is 22.8. The summed E-state index contributed by atoms with van der Waals surface area (Å²) in [5.41, 5.74) is 5.83. The van der Waals surface area contributed by atoms with E-state index in [-0.39, 0.29) is 0 Å². The molecule has 1 aliphatic heterocycles. The number of aromatic nitrogens is 4. The van der Waals surface area contributed by atoms with Gasteiger partial charge < -0.3 is 19.3 Å². The van der Waals surface area contributed by atoms with Crippen molar-refractivity contribution in [3.8, 4) is 11.1 Å². The first-order valence-electron chi connectivity index (χ1n) is 11.6. The van der Waals surface area contributed by atoms with Gasteiger partial charge in [0.1, 0.15) is 5.76 Å². The van der Waals surface area contributed by atoms with Crippen LogP contribution >= 0.6 is 0 Å². The number of benzene rings is 1. The third-order valence-corrected chi connectivity index (χ3v) is 6.42. The van der Waals surface area contributed by atoms with Crippen molar-refractivity contribution in [3.05, 3.63) is 59.6 Å². The number of pyridine rings is 1. The van der Waals surface area contributed by atoms with Crippen molar-refractivity contribution in [2.45, 2.75) is 20.4 Å². The van der Waals surface area contributed by atoms with Crippen LogP contribution in [0.4, 0.5) is 5.95 Å². The molecular weight excluding hydrogens is 414 g/mol. The summed E-state index contributed by atoms with van der Waals surface area (Å²) in [6, 6.07) is 12.6. The van der Waals surface area contributed by atoms with Crippen LogP contribution in [0, 0.1) is 13.8 Å². The molecule has 172 valence electrons. The van der Waals surface area contributed by atoms with E-state index in [2.05, 4.69) is 62.2 Å². The molecule has 3 aromatic heterocycles. The summed E-state index contributed by atoms with van der Waals surface area (Å²) in [7, 11) is 2.19. The van der Waals surface area contributed by atoms with Gasteiger partial charge in [0, 0.05) is 56.6 Å². The summed E-state index contributed by atoms with van der Waals surface area (Å²) in [6.07, 6.45) is 1.86. The molecule has 8 heteroatoms. The summed E-state index contributed by atoms with van der Waals surface area (Å²) < 4.78 is 7.62. The maximum atomic E-state index is 5.39. The van der Waals surface area contributed by atoms with E-state index in [1.165, 1.54) is 5.56 Å². The van der Waals surface area contributed by atoms with Crippen LogP contribution in [-0.2, 0) is 6.54 Å². The molecule has 4 aromatic rings. The number of nitrogens with zero attached hydrogens (tertiary/aromatic N) is 6. The lowest BCUT2D eigenvalue weighted by Gasteiger charge is -2.32. The van der Waals surface area contributed by atoms with Gasteiger partial charge >= 0.3 is 0 Å². The predicted molar refractivity (Wildman–Crippen MR) is 130 cm³/mol.